The van der Waals surface area contributed by atoms with Gasteiger partial charge in [-0.05, 0) is 56.2 Å². The Kier molecular flexibility index (Phi) is 7.94. The molecule has 1 amide bonds. The highest BCUT2D eigenvalue weighted by Crippen LogP contribution is 2.39. The number of anilines is 1. The van der Waals surface area contributed by atoms with Crippen molar-refractivity contribution in [2.45, 2.75) is 43.6 Å². The molecular weight excluding hydrogens is 464 g/mol. The van der Waals surface area contributed by atoms with Gasteiger partial charge in [-0.25, -0.2) is 4.98 Å². The molecule has 0 N–H and O–H groups in total. The zero-order chi connectivity index (χ0) is 22.5. The lowest BCUT2D eigenvalue weighted by molar-refractivity contribution is -0.119. The van der Waals surface area contributed by atoms with Crippen molar-refractivity contribution in [1.82, 2.24) is 4.98 Å². The number of ether oxygens (including phenoxy) is 2. The number of thioether (sulfide) groups is 1. The Morgan fingerprint density at radius 3 is 2.84 bits per heavy atom. The van der Waals surface area contributed by atoms with Gasteiger partial charge >= 0.3 is 0 Å². The zero-order valence-electron chi connectivity index (χ0n) is 18.3. The maximum atomic E-state index is 13.3. The van der Waals surface area contributed by atoms with Crippen LogP contribution in [0.4, 0.5) is 5.13 Å². The Hall–Kier alpha value is -1.80. The van der Waals surface area contributed by atoms with E-state index < -0.39 is 0 Å². The van der Waals surface area contributed by atoms with E-state index in [1.807, 2.05) is 6.07 Å². The standard InChI is InChI=1S/C24H27ClN2O3S2/c1-16-7-9-18(10-8-16)31-14-4-6-21(28)27(15-17-5-3-13-30-17)24-26-22-20(29-2)12-11-19(25)23(22)32-24/h7-12,17H,3-6,13-15H2,1-2H3. The summed E-state index contributed by atoms with van der Waals surface area (Å²) in [5.74, 6) is 1.62. The van der Waals surface area contributed by atoms with Crippen molar-refractivity contribution in [3.05, 3.63) is 47.0 Å². The summed E-state index contributed by atoms with van der Waals surface area (Å²) in [6.07, 6.45) is 3.30. The van der Waals surface area contributed by atoms with Crippen LogP contribution in [0.25, 0.3) is 10.2 Å². The molecular formula is C24H27ClN2O3S2. The molecule has 2 heterocycles. The second kappa shape index (κ2) is 10.9. The molecule has 5 nitrogen and oxygen atoms in total. The first-order valence-electron chi connectivity index (χ1n) is 10.8. The third-order valence-corrected chi connectivity index (χ3v) is 8.07. The first kappa shape index (κ1) is 23.4. The molecule has 32 heavy (non-hydrogen) atoms. The lowest BCUT2D eigenvalue weighted by Gasteiger charge is -2.23. The molecule has 4 rings (SSSR count). The third-order valence-electron chi connectivity index (χ3n) is 5.43. The Labute approximate surface area is 202 Å². The molecule has 1 saturated heterocycles. The summed E-state index contributed by atoms with van der Waals surface area (Å²) in [5, 5.41) is 1.27. The van der Waals surface area contributed by atoms with E-state index in [1.165, 1.54) is 21.8 Å². The van der Waals surface area contributed by atoms with Crippen LogP contribution in [-0.4, -0.2) is 43.0 Å². The fourth-order valence-electron chi connectivity index (χ4n) is 3.68. The summed E-state index contributed by atoms with van der Waals surface area (Å²) >= 11 is 9.62. The second-order valence-electron chi connectivity index (χ2n) is 7.83. The molecule has 0 bridgehead atoms. The molecule has 0 aliphatic carbocycles. The van der Waals surface area contributed by atoms with Crippen LogP contribution in [0.5, 0.6) is 5.75 Å². The number of hydrogen-bond donors (Lipinski definition) is 0. The van der Waals surface area contributed by atoms with Crippen LogP contribution < -0.4 is 9.64 Å². The number of aryl methyl sites for hydroxylation is 1. The Morgan fingerprint density at radius 1 is 1.31 bits per heavy atom. The van der Waals surface area contributed by atoms with E-state index in [9.17, 15) is 4.79 Å². The van der Waals surface area contributed by atoms with Gasteiger partial charge in [-0.15, -0.1) is 11.8 Å². The van der Waals surface area contributed by atoms with E-state index in [2.05, 4.69) is 31.2 Å². The molecule has 8 heteroatoms. The highest BCUT2D eigenvalue weighted by molar-refractivity contribution is 7.99. The van der Waals surface area contributed by atoms with Gasteiger partial charge in [0.15, 0.2) is 5.13 Å². The van der Waals surface area contributed by atoms with Crippen LogP contribution in [0, 0.1) is 6.92 Å². The number of hydrogen-bond acceptors (Lipinski definition) is 6. The van der Waals surface area contributed by atoms with Gasteiger partial charge < -0.3 is 9.47 Å². The molecule has 170 valence electrons. The normalized spacial score (nSPS) is 15.9. The molecule has 0 spiro atoms. The van der Waals surface area contributed by atoms with E-state index in [1.54, 1.807) is 29.8 Å². The average molecular weight is 491 g/mol. The largest absolute Gasteiger partial charge is 0.494 e. The number of halogens is 1. The lowest BCUT2D eigenvalue weighted by Crippen LogP contribution is -2.37. The number of thiazole rings is 1. The highest BCUT2D eigenvalue weighted by atomic mass is 35.5. The van der Waals surface area contributed by atoms with Gasteiger partial charge in [0, 0.05) is 17.9 Å². The minimum absolute atomic E-state index is 0.0465. The first-order valence-corrected chi connectivity index (χ1v) is 13.0. The average Bonchev–Trinajstić information content (AvgIpc) is 3.47. The summed E-state index contributed by atoms with van der Waals surface area (Å²) in [6.45, 7) is 3.35. The maximum absolute atomic E-state index is 13.3. The predicted octanol–water partition coefficient (Wildman–Crippen LogP) is 6.35. The topological polar surface area (TPSA) is 51.7 Å². The molecule has 1 unspecified atom stereocenters. The van der Waals surface area contributed by atoms with Crippen molar-refractivity contribution in [1.29, 1.82) is 0 Å². The van der Waals surface area contributed by atoms with E-state index >= 15 is 0 Å². The van der Waals surface area contributed by atoms with Gasteiger partial charge in [0.05, 0.1) is 29.5 Å². The molecule has 0 radical (unpaired) electrons. The number of rotatable bonds is 9. The second-order valence-corrected chi connectivity index (χ2v) is 10.4. The molecule has 1 fully saturated rings. The number of methoxy groups -OCH3 is 1. The fourth-order valence-corrected chi connectivity index (χ4v) is 5.82. The van der Waals surface area contributed by atoms with Crippen LogP contribution in [0.3, 0.4) is 0 Å². The number of aromatic nitrogens is 1. The van der Waals surface area contributed by atoms with Crippen molar-refractivity contribution in [3.8, 4) is 5.75 Å². The summed E-state index contributed by atoms with van der Waals surface area (Å²) in [4.78, 5) is 21.0. The molecule has 3 aromatic rings. The summed E-state index contributed by atoms with van der Waals surface area (Å²) < 4.78 is 12.1. The monoisotopic (exact) mass is 490 g/mol. The van der Waals surface area contributed by atoms with Crippen molar-refractivity contribution in [2.75, 3.05) is 30.9 Å². The lowest BCUT2D eigenvalue weighted by atomic mass is 10.2. The van der Waals surface area contributed by atoms with Crippen LogP contribution in [-0.2, 0) is 9.53 Å². The summed E-state index contributed by atoms with van der Waals surface area (Å²) in [6, 6.07) is 12.1. The zero-order valence-corrected chi connectivity index (χ0v) is 20.7. The molecule has 2 aromatic carbocycles. The number of nitrogens with zero attached hydrogens (tertiary/aromatic N) is 2. The molecule has 0 saturated carbocycles. The van der Waals surface area contributed by atoms with Crippen molar-refractivity contribution in [3.63, 3.8) is 0 Å². The van der Waals surface area contributed by atoms with E-state index in [0.29, 0.717) is 34.4 Å². The maximum Gasteiger partial charge on any atom is 0.228 e. The third kappa shape index (κ3) is 5.57. The van der Waals surface area contributed by atoms with Crippen molar-refractivity contribution < 1.29 is 14.3 Å². The van der Waals surface area contributed by atoms with E-state index in [4.69, 9.17) is 26.1 Å². The summed E-state index contributed by atoms with van der Waals surface area (Å²) in [7, 11) is 1.61. The SMILES string of the molecule is COc1ccc(Cl)c2sc(N(CC3CCCO3)C(=O)CCCSc3ccc(C)cc3)nc12. The fraction of sp³-hybridized carbons (Fsp3) is 0.417. The van der Waals surface area contributed by atoms with Gasteiger partial charge in [0.2, 0.25) is 5.91 Å². The Morgan fingerprint density at radius 2 is 2.12 bits per heavy atom. The Bertz CT molecular complexity index is 1070. The number of carbonyl (C=O) groups is 1. The smallest absolute Gasteiger partial charge is 0.228 e. The van der Waals surface area contributed by atoms with E-state index in [-0.39, 0.29) is 12.0 Å². The predicted molar refractivity (Wildman–Crippen MR) is 134 cm³/mol. The van der Waals surface area contributed by atoms with Crippen molar-refractivity contribution >= 4 is 56.0 Å². The first-order chi connectivity index (χ1) is 15.5. The number of benzene rings is 2. The van der Waals surface area contributed by atoms with Crippen molar-refractivity contribution in [2.24, 2.45) is 0 Å². The Balaban J connectivity index is 1.47. The van der Waals surface area contributed by atoms with E-state index in [0.717, 1.165) is 36.3 Å². The van der Waals surface area contributed by atoms with Crippen LogP contribution in [0.1, 0.15) is 31.2 Å². The van der Waals surface area contributed by atoms with Gasteiger partial charge in [-0.1, -0.05) is 40.6 Å². The molecule has 1 aliphatic rings. The van der Waals surface area contributed by atoms with Crippen LogP contribution >= 0.6 is 34.7 Å². The number of amides is 1. The molecule has 1 atom stereocenters. The van der Waals surface area contributed by atoms with Gasteiger partial charge in [0.25, 0.3) is 0 Å². The molecule has 1 aliphatic heterocycles. The van der Waals surface area contributed by atoms with Gasteiger partial charge in [-0.3, -0.25) is 9.69 Å². The molecule has 1 aromatic heterocycles. The number of carbonyl (C=O) groups excluding carboxylic acids is 1. The highest BCUT2D eigenvalue weighted by Gasteiger charge is 2.27. The summed E-state index contributed by atoms with van der Waals surface area (Å²) in [5.41, 5.74) is 1.95. The quantitative estimate of drug-likeness (QED) is 0.258. The van der Waals surface area contributed by atoms with Crippen LogP contribution in [0.15, 0.2) is 41.3 Å². The van der Waals surface area contributed by atoms with Gasteiger partial charge in [0.1, 0.15) is 11.3 Å². The minimum Gasteiger partial charge on any atom is -0.494 e. The number of fused-ring (bicyclic) bond motifs is 1. The van der Waals surface area contributed by atoms with Crippen LogP contribution in [0.2, 0.25) is 5.02 Å². The minimum atomic E-state index is 0.0465. The van der Waals surface area contributed by atoms with Gasteiger partial charge in [-0.2, -0.15) is 0 Å².